The molecule has 164 valence electrons. The van der Waals surface area contributed by atoms with Crippen molar-refractivity contribution in [1.29, 1.82) is 0 Å². The van der Waals surface area contributed by atoms with Crippen molar-refractivity contribution in [3.63, 3.8) is 0 Å². The number of likely N-dealkylation sites (tertiary alicyclic amines) is 1. The molecule has 2 amide bonds. The second-order valence-electron chi connectivity index (χ2n) is 9.28. The largest absolute Gasteiger partial charge is 0.347 e. The molecule has 1 aromatic carbocycles. The lowest BCUT2D eigenvalue weighted by molar-refractivity contribution is 0.0767. The van der Waals surface area contributed by atoms with Gasteiger partial charge in [0.25, 0.3) is 11.8 Å². The molecule has 1 atom stereocenters. The van der Waals surface area contributed by atoms with E-state index in [9.17, 15) is 9.59 Å². The summed E-state index contributed by atoms with van der Waals surface area (Å²) in [6.07, 6.45) is 8.10. The minimum Gasteiger partial charge on any atom is -0.347 e. The van der Waals surface area contributed by atoms with E-state index in [4.69, 9.17) is 11.6 Å². The zero-order valence-electron chi connectivity index (χ0n) is 17.6. The lowest BCUT2D eigenvalue weighted by Gasteiger charge is -2.27. The maximum Gasteiger partial charge on any atom is 0.289 e. The Bertz CT molecular complexity index is 982. The molecule has 1 saturated heterocycles. The van der Waals surface area contributed by atoms with E-state index in [0.29, 0.717) is 16.4 Å². The summed E-state index contributed by atoms with van der Waals surface area (Å²) in [5.41, 5.74) is 0.750. The number of fused-ring (bicyclic) bond motifs is 1. The number of rotatable bonds is 3. The van der Waals surface area contributed by atoms with Gasteiger partial charge in [-0.3, -0.25) is 9.59 Å². The number of hydrogen-bond donors (Lipinski definition) is 1. The van der Waals surface area contributed by atoms with Crippen molar-refractivity contribution >= 4 is 23.4 Å². The summed E-state index contributed by atoms with van der Waals surface area (Å²) in [7, 11) is 0. The average molecular weight is 442 g/mol. The quantitative estimate of drug-likeness (QED) is 0.790. The van der Waals surface area contributed by atoms with E-state index >= 15 is 0 Å². The number of nitrogens with one attached hydrogen (secondary N) is 1. The number of benzene rings is 1. The summed E-state index contributed by atoms with van der Waals surface area (Å²) < 4.78 is 2.00. The average Bonchev–Trinajstić information content (AvgIpc) is 3.49. The van der Waals surface area contributed by atoms with Gasteiger partial charge in [-0.1, -0.05) is 24.4 Å². The van der Waals surface area contributed by atoms with Gasteiger partial charge in [0.1, 0.15) is 5.82 Å². The first kappa shape index (κ1) is 20.5. The summed E-state index contributed by atoms with van der Waals surface area (Å²) in [4.78, 5) is 27.7. The molecule has 1 saturated carbocycles. The van der Waals surface area contributed by atoms with E-state index in [2.05, 4.69) is 15.5 Å². The predicted molar refractivity (Wildman–Crippen MR) is 117 cm³/mol. The zero-order valence-corrected chi connectivity index (χ0v) is 18.4. The van der Waals surface area contributed by atoms with Crippen LogP contribution in [0.3, 0.4) is 0 Å². The first-order valence-corrected chi connectivity index (χ1v) is 11.7. The van der Waals surface area contributed by atoms with Crippen molar-refractivity contribution in [2.24, 2.45) is 5.41 Å². The van der Waals surface area contributed by atoms with Crippen molar-refractivity contribution in [1.82, 2.24) is 25.0 Å². The monoisotopic (exact) mass is 441 g/mol. The second kappa shape index (κ2) is 8.26. The Morgan fingerprint density at radius 2 is 1.77 bits per heavy atom. The SMILES string of the molecule is O=C(NC1CCCC1)c1nnc2n1CC[C@]1(CC2)CCN(C(=O)c2ccc(Cl)cc2)C1. The first-order chi connectivity index (χ1) is 15.0. The molecule has 2 aromatic rings. The fraction of sp³-hybridized carbons (Fsp3) is 0.565. The fourth-order valence-electron chi connectivity index (χ4n) is 5.39. The van der Waals surface area contributed by atoms with Crippen molar-refractivity contribution < 1.29 is 9.59 Å². The van der Waals surface area contributed by atoms with E-state index in [1.54, 1.807) is 24.3 Å². The third-order valence-electron chi connectivity index (χ3n) is 7.28. The van der Waals surface area contributed by atoms with Crippen LogP contribution in [0.2, 0.25) is 5.02 Å². The second-order valence-corrected chi connectivity index (χ2v) is 9.72. The number of carbonyl (C=O) groups is 2. The number of hydrogen-bond acceptors (Lipinski definition) is 4. The van der Waals surface area contributed by atoms with Crippen LogP contribution in [0.25, 0.3) is 0 Å². The Hall–Kier alpha value is -2.41. The Morgan fingerprint density at radius 3 is 2.55 bits per heavy atom. The molecule has 3 heterocycles. The standard InChI is InChI=1S/C23H28ClN5O2/c24-17-7-5-16(6-8-17)22(31)28-13-11-23(15-28)10-9-19-26-27-20(29(19)14-12-23)21(30)25-18-3-1-2-4-18/h5-8,18H,1-4,9-15H2,(H,25,30)/t23-/m0/s1. The van der Waals surface area contributed by atoms with E-state index in [1.165, 1.54) is 12.8 Å². The topological polar surface area (TPSA) is 80.1 Å². The van der Waals surface area contributed by atoms with Crippen molar-refractivity contribution in [2.45, 2.75) is 64.0 Å². The van der Waals surface area contributed by atoms with Crippen molar-refractivity contribution in [3.8, 4) is 0 Å². The Kier molecular flexibility index (Phi) is 5.46. The highest BCUT2D eigenvalue weighted by atomic mass is 35.5. The fourth-order valence-corrected chi connectivity index (χ4v) is 5.51. The number of amides is 2. The van der Waals surface area contributed by atoms with Crippen LogP contribution in [0.15, 0.2) is 24.3 Å². The summed E-state index contributed by atoms with van der Waals surface area (Å²) in [6, 6.07) is 7.37. The molecule has 5 rings (SSSR count). The van der Waals surface area contributed by atoms with Crippen LogP contribution in [0.5, 0.6) is 0 Å². The molecular weight excluding hydrogens is 414 g/mol. The molecular formula is C23H28ClN5O2. The molecule has 1 spiro atoms. The van der Waals surface area contributed by atoms with E-state index in [1.807, 2.05) is 9.47 Å². The summed E-state index contributed by atoms with van der Waals surface area (Å²) >= 11 is 5.96. The third kappa shape index (κ3) is 4.07. The summed E-state index contributed by atoms with van der Waals surface area (Å²) in [5.74, 6) is 1.28. The first-order valence-electron chi connectivity index (χ1n) is 11.3. The number of nitrogens with zero attached hydrogens (tertiary/aromatic N) is 4. The lowest BCUT2D eigenvalue weighted by atomic mass is 9.80. The van der Waals surface area contributed by atoms with Gasteiger partial charge in [0.05, 0.1) is 0 Å². The lowest BCUT2D eigenvalue weighted by Crippen LogP contribution is -2.35. The number of halogens is 1. The molecule has 31 heavy (non-hydrogen) atoms. The maximum atomic E-state index is 12.9. The molecule has 2 fully saturated rings. The van der Waals surface area contributed by atoms with Gasteiger partial charge in [-0.25, -0.2) is 0 Å². The minimum atomic E-state index is -0.104. The van der Waals surface area contributed by atoms with E-state index in [0.717, 1.165) is 64.0 Å². The summed E-state index contributed by atoms with van der Waals surface area (Å²) in [6.45, 7) is 2.23. The molecule has 7 nitrogen and oxygen atoms in total. The van der Waals surface area contributed by atoms with Crippen LogP contribution < -0.4 is 5.32 Å². The molecule has 1 aromatic heterocycles. The Balaban J connectivity index is 1.26. The number of aryl methyl sites for hydroxylation is 1. The van der Waals surface area contributed by atoms with Crippen molar-refractivity contribution in [2.75, 3.05) is 13.1 Å². The van der Waals surface area contributed by atoms with E-state index < -0.39 is 0 Å². The zero-order chi connectivity index (χ0) is 21.4. The highest BCUT2D eigenvalue weighted by molar-refractivity contribution is 6.30. The molecule has 1 N–H and O–H groups in total. The van der Waals surface area contributed by atoms with Gasteiger partial charge in [-0.15, -0.1) is 10.2 Å². The number of aromatic nitrogens is 3. The Morgan fingerprint density at radius 1 is 1.03 bits per heavy atom. The molecule has 0 unspecified atom stereocenters. The normalized spacial score (nSPS) is 23.7. The van der Waals surface area contributed by atoms with Crippen LogP contribution in [-0.4, -0.2) is 50.6 Å². The minimum absolute atomic E-state index is 0.0637. The molecule has 3 aliphatic rings. The van der Waals surface area contributed by atoms with Crippen LogP contribution >= 0.6 is 11.6 Å². The van der Waals surface area contributed by atoms with Crippen LogP contribution in [0.1, 0.15) is 71.7 Å². The highest BCUT2D eigenvalue weighted by Gasteiger charge is 2.41. The molecule has 1 aliphatic carbocycles. The smallest absolute Gasteiger partial charge is 0.289 e. The van der Waals surface area contributed by atoms with Crippen LogP contribution in [-0.2, 0) is 13.0 Å². The highest BCUT2D eigenvalue weighted by Crippen LogP contribution is 2.41. The molecule has 8 heteroatoms. The maximum absolute atomic E-state index is 12.9. The Labute approximate surface area is 187 Å². The molecule has 0 bridgehead atoms. The van der Waals surface area contributed by atoms with E-state index in [-0.39, 0.29) is 23.3 Å². The van der Waals surface area contributed by atoms with Gasteiger partial charge in [0.2, 0.25) is 5.82 Å². The van der Waals surface area contributed by atoms with Crippen LogP contribution in [0.4, 0.5) is 0 Å². The van der Waals surface area contributed by atoms with Gasteiger partial charge in [-0.05, 0) is 61.8 Å². The third-order valence-corrected chi connectivity index (χ3v) is 7.53. The van der Waals surface area contributed by atoms with Gasteiger partial charge in [0, 0.05) is 42.7 Å². The summed E-state index contributed by atoms with van der Waals surface area (Å²) in [5, 5.41) is 12.3. The van der Waals surface area contributed by atoms with Gasteiger partial charge in [0.15, 0.2) is 0 Å². The van der Waals surface area contributed by atoms with Gasteiger partial charge in [-0.2, -0.15) is 0 Å². The molecule has 0 radical (unpaired) electrons. The predicted octanol–water partition coefficient (Wildman–Crippen LogP) is 3.47. The molecule has 2 aliphatic heterocycles. The van der Waals surface area contributed by atoms with Gasteiger partial charge >= 0.3 is 0 Å². The van der Waals surface area contributed by atoms with Crippen LogP contribution in [0, 0.1) is 5.41 Å². The van der Waals surface area contributed by atoms with Gasteiger partial charge < -0.3 is 14.8 Å². The number of carbonyl (C=O) groups excluding carboxylic acids is 2. The van der Waals surface area contributed by atoms with Crippen molar-refractivity contribution in [3.05, 3.63) is 46.5 Å².